The van der Waals surface area contributed by atoms with Crippen LogP contribution in [0.2, 0.25) is 0 Å². The van der Waals surface area contributed by atoms with Gasteiger partial charge in [0.2, 0.25) is 0 Å². The van der Waals surface area contributed by atoms with Crippen molar-refractivity contribution in [1.82, 2.24) is 0 Å². The number of ether oxygens (including phenoxy) is 1. The summed E-state index contributed by atoms with van der Waals surface area (Å²) in [5, 5.41) is 9.65. The highest BCUT2D eigenvalue weighted by Gasteiger charge is 2.29. The Kier molecular flexibility index (Phi) is 7.48. The molecule has 168 valence electrons. The molecule has 1 heterocycles. The number of allylic oxidation sites excluding steroid dienone is 4. The molecule has 6 heteroatoms. The van der Waals surface area contributed by atoms with Crippen molar-refractivity contribution in [2.75, 3.05) is 31.4 Å². The number of nitrogens with zero attached hydrogens (tertiary/aromatic N) is 1. The highest BCUT2D eigenvalue weighted by Crippen LogP contribution is 2.38. The monoisotopic (exact) mass is 449 g/mol. The second kappa shape index (κ2) is 10.1. The number of thioether (sulfide) groups is 1. The first-order valence-corrected chi connectivity index (χ1v) is 11.6. The van der Waals surface area contributed by atoms with Crippen LogP contribution in [0.3, 0.4) is 0 Å². The molecule has 0 fully saturated rings. The summed E-state index contributed by atoms with van der Waals surface area (Å²) >= 11 is 1.36. The maximum absolute atomic E-state index is 7.33. The average molecular weight is 450 g/mol. The Bertz CT molecular complexity index is 1050. The van der Waals surface area contributed by atoms with Crippen LogP contribution in [-0.2, 0) is 5.41 Å². The number of nitrogens with one attached hydrogen (secondary N) is 1. The second-order valence-electron chi connectivity index (χ2n) is 8.41. The molecular weight excluding hydrogens is 416 g/mol. The molecule has 2 aromatic carbocycles. The minimum atomic E-state index is -0.244. The predicted molar refractivity (Wildman–Crippen MR) is 138 cm³/mol. The lowest BCUT2D eigenvalue weighted by Crippen LogP contribution is -2.71. The van der Waals surface area contributed by atoms with Crippen LogP contribution in [-0.4, -0.2) is 31.6 Å². The summed E-state index contributed by atoms with van der Waals surface area (Å²) in [4.78, 5) is 2.17. The molecule has 5 N–H and O–H groups in total. The Hall–Kier alpha value is -2.96. The lowest BCUT2D eigenvalue weighted by Gasteiger charge is -2.27. The number of quaternary nitrogens is 1. The van der Waals surface area contributed by atoms with E-state index in [0.717, 1.165) is 40.4 Å². The number of anilines is 1. The number of methoxy groups -OCH3 is 1. The normalized spacial score (nSPS) is 17.8. The molecule has 0 saturated heterocycles. The van der Waals surface area contributed by atoms with Crippen molar-refractivity contribution >= 4 is 33.9 Å². The Labute approximate surface area is 195 Å². The second-order valence-corrected chi connectivity index (χ2v) is 9.55. The smallest absolute Gasteiger partial charge is 0.151 e. The highest BCUT2D eigenvalue weighted by atomic mass is 32.2. The number of hydrogen-bond acceptors (Lipinski definition) is 4. The summed E-state index contributed by atoms with van der Waals surface area (Å²) in [6, 6.07) is 14.8. The van der Waals surface area contributed by atoms with Gasteiger partial charge in [0.05, 0.1) is 13.3 Å². The summed E-state index contributed by atoms with van der Waals surface area (Å²) in [6.45, 7) is 9.67. The number of hydrogen-bond donors (Lipinski definition) is 3. The maximum atomic E-state index is 7.33. The lowest BCUT2D eigenvalue weighted by atomic mass is 9.76. The molecule has 0 spiro atoms. The molecule has 0 unspecified atom stereocenters. The number of benzene rings is 2. The van der Waals surface area contributed by atoms with Gasteiger partial charge in [-0.05, 0) is 47.1 Å². The molecule has 0 amide bonds. The van der Waals surface area contributed by atoms with Crippen molar-refractivity contribution in [1.29, 1.82) is 5.41 Å². The van der Waals surface area contributed by atoms with Crippen molar-refractivity contribution in [3.05, 3.63) is 84.1 Å². The predicted octanol–water partition coefficient (Wildman–Crippen LogP) is 4.40. The minimum Gasteiger partial charge on any atom is -0.497 e. The van der Waals surface area contributed by atoms with E-state index in [1.165, 1.54) is 23.0 Å². The molecule has 2 aromatic rings. The zero-order valence-corrected chi connectivity index (χ0v) is 20.1. The SMILES string of the molecule is C=C1/C=C(c2ccc(N(C)CCSC(=N)N)cc2)\C=C/[NH2+]c2ccc(OC)cc2C1(C)C. The Balaban J connectivity index is 1.86. The maximum Gasteiger partial charge on any atom is 0.151 e. The molecule has 0 radical (unpaired) electrons. The Morgan fingerprint density at radius 1 is 1.22 bits per heavy atom. The number of rotatable bonds is 6. The zero-order valence-electron chi connectivity index (χ0n) is 19.3. The lowest BCUT2D eigenvalue weighted by molar-refractivity contribution is -0.497. The van der Waals surface area contributed by atoms with E-state index in [0.29, 0.717) is 0 Å². The van der Waals surface area contributed by atoms with Crippen LogP contribution in [0.25, 0.3) is 5.57 Å². The van der Waals surface area contributed by atoms with E-state index in [1.807, 2.05) is 6.07 Å². The van der Waals surface area contributed by atoms with Gasteiger partial charge in [-0.2, -0.15) is 0 Å². The molecule has 0 atom stereocenters. The van der Waals surface area contributed by atoms with Crippen molar-refractivity contribution in [3.8, 4) is 5.75 Å². The van der Waals surface area contributed by atoms with Crippen LogP contribution >= 0.6 is 11.8 Å². The fourth-order valence-corrected chi connectivity index (χ4v) is 4.29. The number of amidine groups is 1. The first-order chi connectivity index (χ1) is 15.2. The van der Waals surface area contributed by atoms with Crippen molar-refractivity contribution in [2.24, 2.45) is 5.73 Å². The molecule has 0 aliphatic carbocycles. The third-order valence-corrected chi connectivity index (χ3v) is 6.64. The van der Waals surface area contributed by atoms with E-state index in [9.17, 15) is 0 Å². The largest absolute Gasteiger partial charge is 0.497 e. The summed E-state index contributed by atoms with van der Waals surface area (Å²) in [7, 11) is 3.75. The first kappa shape index (κ1) is 23.7. The van der Waals surface area contributed by atoms with Crippen LogP contribution in [0.5, 0.6) is 5.75 Å². The van der Waals surface area contributed by atoms with Crippen LogP contribution < -0.4 is 20.7 Å². The number of nitrogens with two attached hydrogens (primary N) is 2. The standard InChI is InChI=1S/C26H32N4OS/c1-18-16-20(19-6-8-21(9-7-19)30(4)14-15-32-25(27)28)12-13-29-24-11-10-22(31-5)17-23(24)26(18,2)3/h6-13,16-17,29H,1,14-15H2,2-5H3,(H3,27,28)/p+1/b13-12-,20-16+. The van der Waals surface area contributed by atoms with Gasteiger partial charge in [-0.1, -0.05) is 50.4 Å². The van der Waals surface area contributed by atoms with E-state index >= 15 is 0 Å². The van der Waals surface area contributed by atoms with Gasteiger partial charge in [0.25, 0.3) is 0 Å². The van der Waals surface area contributed by atoms with Gasteiger partial charge in [0.15, 0.2) is 5.17 Å². The molecule has 3 rings (SSSR count). The highest BCUT2D eigenvalue weighted by molar-refractivity contribution is 8.13. The average Bonchev–Trinajstić information content (AvgIpc) is 2.81. The summed E-state index contributed by atoms with van der Waals surface area (Å²) in [5.74, 6) is 1.64. The van der Waals surface area contributed by atoms with Crippen molar-refractivity contribution in [2.45, 2.75) is 19.3 Å². The van der Waals surface area contributed by atoms with E-state index in [-0.39, 0.29) is 10.6 Å². The van der Waals surface area contributed by atoms with E-state index < -0.39 is 0 Å². The molecule has 0 bridgehead atoms. The minimum absolute atomic E-state index is 0.160. The fourth-order valence-electron chi connectivity index (χ4n) is 3.70. The molecule has 1 aliphatic heterocycles. The van der Waals surface area contributed by atoms with Crippen LogP contribution in [0.1, 0.15) is 25.0 Å². The molecular formula is C26H33N4OS+. The zero-order chi connectivity index (χ0) is 23.3. The van der Waals surface area contributed by atoms with E-state index in [2.05, 4.69) is 92.4 Å². The van der Waals surface area contributed by atoms with Gasteiger partial charge in [-0.25, -0.2) is 0 Å². The topological polar surface area (TPSA) is 79.0 Å². The Morgan fingerprint density at radius 2 is 1.94 bits per heavy atom. The van der Waals surface area contributed by atoms with Crippen molar-refractivity contribution in [3.63, 3.8) is 0 Å². The van der Waals surface area contributed by atoms with Gasteiger partial charge < -0.3 is 15.4 Å². The molecule has 32 heavy (non-hydrogen) atoms. The third kappa shape index (κ3) is 5.44. The Morgan fingerprint density at radius 3 is 2.59 bits per heavy atom. The quantitative estimate of drug-likeness (QED) is 0.347. The van der Waals surface area contributed by atoms with Gasteiger partial charge >= 0.3 is 0 Å². The molecule has 0 saturated carbocycles. The summed E-state index contributed by atoms with van der Waals surface area (Å²) in [6.07, 6.45) is 6.43. The van der Waals surface area contributed by atoms with Gasteiger partial charge in [-0.3, -0.25) is 10.7 Å². The first-order valence-electron chi connectivity index (χ1n) is 10.6. The fraction of sp³-hybridized carbons (Fsp3) is 0.269. The van der Waals surface area contributed by atoms with E-state index in [4.69, 9.17) is 15.9 Å². The van der Waals surface area contributed by atoms with Crippen LogP contribution in [0, 0.1) is 5.41 Å². The number of fused-ring (bicyclic) bond motifs is 1. The van der Waals surface area contributed by atoms with Gasteiger partial charge in [-0.15, -0.1) is 0 Å². The molecule has 5 nitrogen and oxygen atoms in total. The van der Waals surface area contributed by atoms with Gasteiger partial charge in [0, 0.05) is 42.1 Å². The van der Waals surface area contributed by atoms with Crippen molar-refractivity contribution < 1.29 is 10.1 Å². The third-order valence-electron chi connectivity index (χ3n) is 5.94. The van der Waals surface area contributed by atoms with Crippen LogP contribution in [0.4, 0.5) is 11.4 Å². The molecule has 1 aliphatic rings. The van der Waals surface area contributed by atoms with Crippen LogP contribution in [0.15, 0.2) is 73.0 Å². The molecule has 0 aromatic heterocycles. The summed E-state index contributed by atoms with van der Waals surface area (Å²) < 4.78 is 5.47. The summed E-state index contributed by atoms with van der Waals surface area (Å²) in [5.41, 5.74) is 12.0. The van der Waals surface area contributed by atoms with Gasteiger partial charge in [0.1, 0.15) is 11.4 Å². The van der Waals surface area contributed by atoms with E-state index in [1.54, 1.807) is 7.11 Å².